The van der Waals surface area contributed by atoms with Crippen molar-refractivity contribution >= 4 is 86.7 Å². The Hall–Kier alpha value is -10.5. The minimum atomic E-state index is -5.47. The molecule has 4 aliphatic rings. The molecule has 5 aromatic rings. The van der Waals surface area contributed by atoms with Crippen molar-refractivity contribution in [1.82, 2.24) is 50.5 Å². The van der Waals surface area contributed by atoms with Gasteiger partial charge in [-0.05, 0) is 99.6 Å². The number of halogens is 4. The molecule has 6 amide bonds. The van der Waals surface area contributed by atoms with Gasteiger partial charge in [-0.2, -0.15) is 17.2 Å². The van der Waals surface area contributed by atoms with E-state index in [9.17, 15) is 59.5 Å². The Kier molecular flexibility index (Phi) is 46.1. The second-order valence-corrected chi connectivity index (χ2v) is 31.9. The van der Waals surface area contributed by atoms with Crippen LogP contribution in [-0.4, -0.2) is 313 Å². The number of carbonyl (C=O) groups excluding carboxylic acids is 6. The van der Waals surface area contributed by atoms with Gasteiger partial charge in [-0.25, -0.2) is 48.8 Å². The number of ether oxygens (including phenoxy) is 10. The number of hydrogen-bond acceptors (Lipinski definition) is 30. The summed E-state index contributed by atoms with van der Waals surface area (Å²) in [5.41, 5.74) is 19.1. The van der Waals surface area contributed by atoms with Gasteiger partial charge in [-0.3, -0.25) is 47.8 Å². The number of phenolic OH excluding ortho intramolecular Hbond substituents is 1. The van der Waals surface area contributed by atoms with Gasteiger partial charge in [-0.1, -0.05) is 58.9 Å². The number of phenols is 1. The lowest BCUT2D eigenvalue weighted by Crippen LogP contribution is -2.47. The normalized spacial score (nSPS) is 14.8. The summed E-state index contributed by atoms with van der Waals surface area (Å²) in [4.78, 5) is 128. The van der Waals surface area contributed by atoms with Crippen LogP contribution in [0.2, 0.25) is 0 Å². The van der Waals surface area contributed by atoms with Crippen LogP contribution in [0.4, 0.5) is 28.9 Å². The Morgan fingerprint density at radius 2 is 0.838 bits per heavy atom. The highest BCUT2D eigenvalue weighted by molar-refractivity contribution is 7.85. The molecule has 38 nitrogen and oxygen atoms in total. The summed E-state index contributed by atoms with van der Waals surface area (Å²) < 4.78 is 134. The number of likely N-dealkylation sites (tertiary alicyclic amines) is 2. The lowest BCUT2D eigenvalue weighted by molar-refractivity contribution is -0.180. The monoisotopic (exact) mass is 1850 g/mol. The zero-order valence-electron chi connectivity index (χ0n) is 74.4. The molecule has 2 aromatic heterocycles. The number of aliphatic imine (C=N–C) groups is 2. The van der Waals surface area contributed by atoms with Gasteiger partial charge < -0.3 is 89.5 Å². The van der Waals surface area contributed by atoms with Gasteiger partial charge in [0.15, 0.2) is 22.3 Å². The summed E-state index contributed by atoms with van der Waals surface area (Å²) in [6.07, 6.45) is 15.2. The van der Waals surface area contributed by atoms with Crippen molar-refractivity contribution in [3.63, 3.8) is 0 Å². The van der Waals surface area contributed by atoms with Crippen molar-refractivity contribution in [1.29, 1.82) is 0 Å². The topological polar surface area (TPSA) is 490 Å². The van der Waals surface area contributed by atoms with Crippen molar-refractivity contribution in [2.24, 2.45) is 26.9 Å². The van der Waals surface area contributed by atoms with Gasteiger partial charge in [0.1, 0.15) is 23.8 Å². The third-order valence-electron chi connectivity index (χ3n) is 19.4. The molecule has 716 valence electrons. The molecule has 4 aliphatic heterocycles. The average Bonchev–Trinajstić information content (AvgIpc) is 1.05. The fraction of sp³-hybridized carbons (Fsp3) is 0.552. The molecule has 43 heteroatoms. The van der Waals surface area contributed by atoms with Crippen LogP contribution >= 0.6 is 0 Å². The van der Waals surface area contributed by atoms with Gasteiger partial charge in [0.2, 0.25) is 35.1 Å². The summed E-state index contributed by atoms with van der Waals surface area (Å²) in [5.74, 6) is -13.3. The Morgan fingerprint density at radius 3 is 1.16 bits per heavy atom. The van der Waals surface area contributed by atoms with Crippen LogP contribution in [-0.2, 0) is 91.1 Å². The number of benzene rings is 3. The summed E-state index contributed by atoms with van der Waals surface area (Å²) in [6, 6.07) is 10.0. The predicted octanol–water partition coefficient (Wildman–Crippen LogP) is 7.93. The number of hydroxylamine groups is 4. The number of aliphatic carboxylic acids is 1. The maximum atomic E-state index is 13.5. The van der Waals surface area contributed by atoms with Gasteiger partial charge >= 0.3 is 16.1 Å². The lowest BCUT2D eigenvalue weighted by Gasteiger charge is -2.24. The highest BCUT2D eigenvalue weighted by Crippen LogP contribution is 2.36. The van der Waals surface area contributed by atoms with Crippen LogP contribution < -0.4 is 22.1 Å². The molecule has 0 aliphatic carbocycles. The number of aromatic nitrogens is 4. The van der Waals surface area contributed by atoms with E-state index in [1.165, 1.54) is 15.0 Å². The zero-order chi connectivity index (χ0) is 94.6. The number of hydrogen-bond donors (Lipinski definition) is 7. The summed E-state index contributed by atoms with van der Waals surface area (Å²) in [6.45, 7) is 25.6. The standard InChI is InChI=1S/C49H75N7O16.C32H43N7O4.C6H2F4O4S/c1-3-11-56(72-4-2)48(60)40-33-39-8-7-38(34-42(39)54-44(50)35-40)41-36-52-46(53-37-41)49(61)55-12-5-6-43(55)47(59)51-10-14-63-16-18-65-20-22-67-24-26-69-28-30-71-32-31-70-29-27-68-25-23-66-21-19-64-17-15-62-13-9-45(57)58;1-6-14-39(43-7-2)30(41)23-16-22-11-10-21(17-25(22)37-27(33)18-23)24-19-35-28(36-20-24)31(42)38-15-8-9-26(38)29(40)34-13-12-32(3,4)5;7-1-3(9)6(15(12,13)14)4(10)2(8)5(1)11/h7-8,33-34,36-37,43H,3-6,9-32,35H2,1-2H3,(H2,50,54)(H,51,59)(H,57,58);10-11,16-17,19-20,26H,6-9,12-15,18H2,1-5H3,(H2,33,37)(H,34,40);11H,(H,12,13,14)/t43-;26-;/m11./s1. The molecule has 6 heterocycles. The number of carboxylic acid groups (broad SMARTS) is 1. The molecule has 2 atom stereocenters. The fourth-order valence-corrected chi connectivity index (χ4v) is 13.6. The molecule has 0 bridgehead atoms. The van der Waals surface area contributed by atoms with Gasteiger partial charge in [0.25, 0.3) is 23.6 Å². The zero-order valence-corrected chi connectivity index (χ0v) is 75.2. The summed E-state index contributed by atoms with van der Waals surface area (Å²) >= 11 is 0. The Morgan fingerprint density at radius 1 is 0.500 bits per heavy atom. The van der Waals surface area contributed by atoms with Gasteiger partial charge in [0.05, 0.1) is 163 Å². The number of carbonyl (C=O) groups is 7. The van der Waals surface area contributed by atoms with Crippen molar-refractivity contribution in [2.45, 2.75) is 130 Å². The predicted molar refractivity (Wildman–Crippen MR) is 466 cm³/mol. The number of aromatic hydroxyl groups is 1. The largest absolute Gasteiger partial charge is 0.503 e. The quantitative estimate of drug-likeness (QED) is 0.00638. The molecule has 2 saturated heterocycles. The van der Waals surface area contributed by atoms with E-state index in [1.54, 1.807) is 41.8 Å². The lowest BCUT2D eigenvalue weighted by atomic mass is 9.92. The molecular formula is C87H120F4N14O24S. The highest BCUT2D eigenvalue weighted by Gasteiger charge is 2.38. The average molecular weight is 1850 g/mol. The second-order valence-electron chi connectivity index (χ2n) is 30.6. The summed E-state index contributed by atoms with van der Waals surface area (Å²) in [7, 11) is -5.47. The number of amides is 6. The van der Waals surface area contributed by atoms with E-state index in [0.717, 1.165) is 47.9 Å². The Labute approximate surface area is 752 Å². The molecule has 130 heavy (non-hydrogen) atoms. The van der Waals surface area contributed by atoms with Crippen LogP contribution in [0.15, 0.2) is 87.2 Å². The molecule has 9 N–H and O–H groups in total. The maximum absolute atomic E-state index is 13.5. The third-order valence-corrected chi connectivity index (χ3v) is 20.3. The number of nitrogens with two attached hydrogens (primary N) is 2. The molecular weight excluding hydrogens is 1730 g/mol. The van der Waals surface area contributed by atoms with Crippen molar-refractivity contribution in [3.8, 4) is 28.0 Å². The first-order chi connectivity index (χ1) is 62.4. The number of fused-ring (bicyclic) bond motifs is 2. The number of amidine groups is 2. The number of nitrogens with zero attached hydrogens (tertiary/aromatic N) is 10. The van der Waals surface area contributed by atoms with Crippen molar-refractivity contribution < 1.29 is 131 Å². The maximum Gasteiger partial charge on any atom is 0.305 e. The van der Waals surface area contributed by atoms with E-state index in [0.29, 0.717) is 229 Å². The van der Waals surface area contributed by atoms with Crippen LogP contribution in [0.25, 0.3) is 34.4 Å². The molecule has 3 aromatic carbocycles. The van der Waals surface area contributed by atoms with Crippen LogP contribution in [0.3, 0.4) is 0 Å². The van der Waals surface area contributed by atoms with Gasteiger partial charge in [-0.15, -0.1) is 0 Å². The third kappa shape index (κ3) is 35.3. The SMILES string of the molecule is CCCN(OCC)C(=O)C1=Cc2ccc(-c3cnc(C(=O)N4CCC[C@@H]4C(=O)NCCC(C)(C)C)nc3)cc2N=C(N)C1.CCCN(OCC)C(=O)C1=Cc2ccc(-c3cnc(C(=O)N4CCC[C@@H]4C(=O)NCCOCCOCCOCCOCCOCCOCCOCCOCCOCCOCCC(=O)O)nc3)cc2N=C(N)C1.O=S(=O)(O)c1c(F)c(F)c(O)c(F)c1F. The minimum Gasteiger partial charge on any atom is -0.503 e. The van der Waals surface area contributed by atoms with E-state index in [-0.39, 0.29) is 85.6 Å². The van der Waals surface area contributed by atoms with Crippen molar-refractivity contribution in [2.75, 3.05) is 185 Å². The van der Waals surface area contributed by atoms with E-state index in [4.69, 9.17) is 83.3 Å². The van der Waals surface area contributed by atoms with E-state index in [2.05, 4.69) is 61.3 Å². The van der Waals surface area contributed by atoms with E-state index in [1.807, 2.05) is 64.1 Å². The molecule has 0 radical (unpaired) electrons. The first-order valence-corrected chi connectivity index (χ1v) is 44.4. The number of carboxylic acids is 1. The summed E-state index contributed by atoms with van der Waals surface area (Å²) in [5, 5.41) is 25.6. The van der Waals surface area contributed by atoms with E-state index < -0.39 is 68.0 Å². The highest BCUT2D eigenvalue weighted by atomic mass is 32.2. The number of rotatable bonds is 52. The smallest absolute Gasteiger partial charge is 0.305 e. The van der Waals surface area contributed by atoms with Crippen LogP contribution in [0.1, 0.15) is 145 Å². The molecule has 9 rings (SSSR count). The Balaban J connectivity index is 0.000000332. The minimum absolute atomic E-state index is 0.00760. The van der Waals surface area contributed by atoms with E-state index >= 15 is 0 Å². The molecule has 2 fully saturated rings. The fourth-order valence-electron chi connectivity index (χ4n) is 13.0. The first kappa shape index (κ1) is 107. The Bertz CT molecular complexity index is 4700. The molecule has 0 saturated carbocycles. The van der Waals surface area contributed by atoms with Crippen LogP contribution in [0.5, 0.6) is 5.75 Å². The molecule has 0 spiro atoms. The number of nitrogens with one attached hydrogen (secondary N) is 2. The van der Waals surface area contributed by atoms with Gasteiger partial charge in [0, 0.05) is 110 Å². The van der Waals surface area contributed by atoms with Crippen molar-refractivity contribution in [3.05, 3.63) is 118 Å². The molecule has 0 unspecified atom stereocenters. The first-order valence-electron chi connectivity index (χ1n) is 43.0. The second kappa shape index (κ2) is 56.3. The van der Waals surface area contributed by atoms with Crippen LogP contribution in [0, 0.1) is 28.7 Å².